The highest BCUT2D eigenvalue weighted by Crippen LogP contribution is 2.39. The second-order valence-corrected chi connectivity index (χ2v) is 8.94. The summed E-state index contributed by atoms with van der Waals surface area (Å²) >= 11 is 0. The molecule has 0 aromatic carbocycles. The zero-order chi connectivity index (χ0) is 15.5. The van der Waals surface area contributed by atoms with E-state index < -0.39 is 20.9 Å². The molecule has 5 nitrogen and oxygen atoms in total. The van der Waals surface area contributed by atoms with Crippen molar-refractivity contribution in [3.8, 4) is 0 Å². The van der Waals surface area contributed by atoms with Crippen molar-refractivity contribution < 1.29 is 17.9 Å². The Kier molecular flexibility index (Phi) is 5.68. The summed E-state index contributed by atoms with van der Waals surface area (Å²) in [5, 5.41) is 2.94. The van der Waals surface area contributed by atoms with Crippen LogP contribution in [0.4, 0.5) is 0 Å². The highest BCUT2D eigenvalue weighted by atomic mass is 32.2. The Morgan fingerprint density at radius 1 is 1.29 bits per heavy atom. The van der Waals surface area contributed by atoms with E-state index in [1.54, 1.807) is 0 Å². The number of ether oxygens (including phenoxy) is 2. The van der Waals surface area contributed by atoms with Crippen molar-refractivity contribution in [1.29, 1.82) is 0 Å². The first-order valence-corrected chi connectivity index (χ1v) is 9.83. The van der Waals surface area contributed by atoms with Crippen molar-refractivity contribution in [2.75, 3.05) is 25.5 Å². The fourth-order valence-electron chi connectivity index (χ4n) is 3.30. The smallest absolute Gasteiger partial charge is 0.169 e. The first-order chi connectivity index (χ1) is 9.88. The van der Waals surface area contributed by atoms with E-state index >= 15 is 0 Å². The summed E-state index contributed by atoms with van der Waals surface area (Å²) in [6.45, 7) is 8.07. The van der Waals surface area contributed by atoms with Gasteiger partial charge in [-0.25, -0.2) is 8.42 Å². The van der Waals surface area contributed by atoms with E-state index in [2.05, 4.69) is 19.2 Å². The van der Waals surface area contributed by atoms with Crippen molar-refractivity contribution in [2.24, 2.45) is 5.92 Å². The minimum atomic E-state index is -3.14. The Morgan fingerprint density at radius 2 is 1.95 bits per heavy atom. The zero-order valence-electron chi connectivity index (χ0n) is 13.4. The lowest BCUT2D eigenvalue weighted by atomic mass is 9.89. The van der Waals surface area contributed by atoms with Crippen molar-refractivity contribution in [1.82, 2.24) is 5.32 Å². The van der Waals surface area contributed by atoms with Gasteiger partial charge in [-0.1, -0.05) is 20.8 Å². The predicted octanol–water partition coefficient (Wildman–Crippen LogP) is 1.72. The van der Waals surface area contributed by atoms with E-state index in [4.69, 9.17) is 9.47 Å². The van der Waals surface area contributed by atoms with Crippen molar-refractivity contribution in [3.05, 3.63) is 0 Å². The SMILES string of the molecule is CCNC1CCC2(CC1S(=O)(=O)CCC(C)C)OCCO2. The maximum Gasteiger partial charge on any atom is 0.169 e. The molecule has 0 amide bonds. The molecule has 0 radical (unpaired) electrons. The third-order valence-corrected chi connectivity index (χ3v) is 6.74. The molecule has 1 N–H and O–H groups in total. The first-order valence-electron chi connectivity index (χ1n) is 8.11. The van der Waals surface area contributed by atoms with Gasteiger partial charge in [0, 0.05) is 18.9 Å². The van der Waals surface area contributed by atoms with Gasteiger partial charge in [0.1, 0.15) is 0 Å². The minimum absolute atomic E-state index is 0.0191. The van der Waals surface area contributed by atoms with Crippen molar-refractivity contribution in [2.45, 2.75) is 63.5 Å². The second-order valence-electron chi connectivity index (χ2n) is 6.60. The fraction of sp³-hybridized carbons (Fsp3) is 1.00. The molecule has 0 aromatic heterocycles. The van der Waals surface area contributed by atoms with E-state index in [-0.39, 0.29) is 11.8 Å². The monoisotopic (exact) mass is 319 g/mol. The lowest BCUT2D eigenvalue weighted by Gasteiger charge is -2.41. The Morgan fingerprint density at radius 3 is 2.52 bits per heavy atom. The van der Waals surface area contributed by atoms with E-state index in [1.165, 1.54) is 0 Å². The van der Waals surface area contributed by atoms with Crippen LogP contribution >= 0.6 is 0 Å². The first kappa shape index (κ1) is 17.2. The molecule has 2 rings (SSSR count). The number of nitrogens with one attached hydrogen (secondary N) is 1. The van der Waals surface area contributed by atoms with Gasteiger partial charge in [0.2, 0.25) is 0 Å². The summed E-state index contributed by atoms with van der Waals surface area (Å²) in [6, 6.07) is 0.0191. The van der Waals surface area contributed by atoms with Crippen molar-refractivity contribution in [3.63, 3.8) is 0 Å². The number of rotatable bonds is 6. The van der Waals surface area contributed by atoms with E-state index in [1.807, 2.05) is 6.92 Å². The summed E-state index contributed by atoms with van der Waals surface area (Å²) in [7, 11) is -3.14. The number of hydrogen-bond acceptors (Lipinski definition) is 5. The Bertz CT molecular complexity index is 429. The van der Waals surface area contributed by atoms with Gasteiger partial charge >= 0.3 is 0 Å². The molecular weight excluding hydrogens is 290 g/mol. The van der Waals surface area contributed by atoms with Gasteiger partial charge in [-0.2, -0.15) is 0 Å². The van der Waals surface area contributed by atoms with Crippen LogP contribution in [0.3, 0.4) is 0 Å². The van der Waals surface area contributed by atoms with Crippen LogP contribution in [0.2, 0.25) is 0 Å². The molecule has 2 fully saturated rings. The van der Waals surface area contributed by atoms with Crippen molar-refractivity contribution >= 4 is 9.84 Å². The van der Waals surface area contributed by atoms with E-state index in [0.29, 0.717) is 32.0 Å². The van der Waals surface area contributed by atoms with Crippen LogP contribution in [0, 0.1) is 5.92 Å². The highest BCUT2D eigenvalue weighted by molar-refractivity contribution is 7.92. The summed E-state index contributed by atoms with van der Waals surface area (Å²) in [5.74, 6) is 0.00307. The third-order valence-electron chi connectivity index (χ3n) is 4.52. The molecular formula is C15H29NO4S. The van der Waals surface area contributed by atoms with Crippen LogP contribution in [-0.2, 0) is 19.3 Å². The van der Waals surface area contributed by atoms with Gasteiger partial charge in [-0.15, -0.1) is 0 Å². The molecule has 2 atom stereocenters. The predicted molar refractivity (Wildman–Crippen MR) is 83.0 cm³/mol. The van der Waals surface area contributed by atoms with Gasteiger partial charge in [-0.05, 0) is 25.3 Å². The third kappa shape index (κ3) is 4.18. The normalized spacial score (nSPS) is 29.3. The topological polar surface area (TPSA) is 64.6 Å². The molecule has 1 aliphatic carbocycles. The quantitative estimate of drug-likeness (QED) is 0.807. The molecule has 0 bridgehead atoms. The summed E-state index contributed by atoms with van der Waals surface area (Å²) in [4.78, 5) is 0. The maximum absolute atomic E-state index is 12.8. The van der Waals surface area contributed by atoms with Crippen LogP contribution < -0.4 is 5.32 Å². The lowest BCUT2D eigenvalue weighted by Crippen LogP contribution is -2.54. The molecule has 21 heavy (non-hydrogen) atoms. The Hall–Kier alpha value is -0.170. The van der Waals surface area contributed by atoms with Crippen LogP contribution in [-0.4, -0.2) is 51.0 Å². The second kappa shape index (κ2) is 6.94. The summed E-state index contributed by atoms with van der Waals surface area (Å²) < 4.78 is 37.0. The number of hydrogen-bond donors (Lipinski definition) is 1. The average molecular weight is 319 g/mol. The zero-order valence-corrected chi connectivity index (χ0v) is 14.2. The minimum Gasteiger partial charge on any atom is -0.347 e. The van der Waals surface area contributed by atoms with Crippen LogP contribution in [0.15, 0.2) is 0 Å². The van der Waals surface area contributed by atoms with E-state index in [0.717, 1.165) is 19.4 Å². The summed E-state index contributed by atoms with van der Waals surface area (Å²) in [6.07, 6.45) is 2.75. The number of sulfone groups is 1. The molecule has 1 saturated heterocycles. The fourth-order valence-corrected chi connectivity index (χ4v) is 5.64. The lowest BCUT2D eigenvalue weighted by molar-refractivity contribution is -0.178. The molecule has 1 aliphatic heterocycles. The van der Waals surface area contributed by atoms with E-state index in [9.17, 15) is 8.42 Å². The Labute approximate surface area is 128 Å². The molecule has 1 heterocycles. The van der Waals surface area contributed by atoms with Gasteiger partial charge < -0.3 is 14.8 Å². The molecule has 1 spiro atoms. The standard InChI is InChI=1S/C15H29NO4S/c1-4-16-13-5-7-15(19-8-9-20-15)11-14(13)21(17,18)10-6-12(2)3/h12-14,16H,4-11H2,1-3H3. The molecule has 0 aromatic rings. The van der Waals surface area contributed by atoms with Gasteiger partial charge in [0.05, 0.1) is 24.2 Å². The molecule has 6 heteroatoms. The summed E-state index contributed by atoms with van der Waals surface area (Å²) in [5.41, 5.74) is 0. The van der Waals surface area contributed by atoms with Crippen LogP contribution in [0.5, 0.6) is 0 Å². The van der Waals surface area contributed by atoms with Gasteiger partial charge in [0.15, 0.2) is 15.6 Å². The van der Waals surface area contributed by atoms with Gasteiger partial charge in [-0.3, -0.25) is 0 Å². The molecule has 2 aliphatic rings. The van der Waals surface area contributed by atoms with Gasteiger partial charge in [0.25, 0.3) is 0 Å². The van der Waals surface area contributed by atoms with Crippen LogP contribution in [0.25, 0.3) is 0 Å². The average Bonchev–Trinajstić information content (AvgIpc) is 2.87. The highest BCUT2D eigenvalue weighted by Gasteiger charge is 2.49. The maximum atomic E-state index is 12.8. The molecule has 1 saturated carbocycles. The largest absolute Gasteiger partial charge is 0.347 e. The molecule has 2 unspecified atom stereocenters. The molecule has 124 valence electrons. The van der Waals surface area contributed by atoms with Crippen LogP contribution in [0.1, 0.15) is 46.5 Å². The Balaban J connectivity index is 2.13.